The number of carboxylic acids is 1. The SMILES string of the molecule is CC(=O)O[C@@]12COC1C[C@H](O)C1(C)C(=O)[C@H](O)C3=C(C)[C@@H](OC(=O)[C@H](O)[C@@H](NC(=O)OC(C)(C)C)c4ccccc4)C[C@@](O)([C@@H](OC(=O)c4ccccc4)C12)C3(C)C.CC(=O)O[C@@]12COC1C[C@H](O)C1(C)C(=O)[C@H](O)C3=C(C)[C@@H](OC(=O)[C@H](OC(=O)CCCCN4C(=O)C=CC4=O)[C@@H](NC(=O)OC(C)(C)C)c4ccccc4)C[C@@](O)([C@@H](OC(=O)c4ccccc4)C12)C3(C)C.O=C(O)CCCCN1C(=O)C=CC1=O. The molecule has 6 aliphatic carbocycles. The number of alkyl carbamates (subject to hydrolysis) is 2. The third kappa shape index (κ3) is 21.7. The van der Waals surface area contributed by atoms with Crippen molar-refractivity contribution in [1.82, 2.24) is 20.4 Å². The molecule has 10 aliphatic rings. The van der Waals surface area contributed by atoms with Gasteiger partial charge >= 0.3 is 59.9 Å². The number of nitrogens with zero attached hydrogens (tertiary/aromatic N) is 2. The number of nitrogens with one attached hydrogen (secondary N) is 2. The fourth-order valence-electron chi connectivity index (χ4n) is 21.8. The van der Waals surface area contributed by atoms with Crippen LogP contribution in [0.3, 0.4) is 0 Å². The van der Waals surface area contributed by atoms with Crippen molar-refractivity contribution in [2.45, 2.75) is 294 Å². The number of aliphatic hydroxyl groups is 7. The van der Waals surface area contributed by atoms with Crippen LogP contribution in [0.2, 0.25) is 0 Å². The van der Waals surface area contributed by atoms with Gasteiger partial charge in [0.15, 0.2) is 28.9 Å². The van der Waals surface area contributed by atoms with Crippen molar-refractivity contribution in [2.75, 3.05) is 26.3 Å². The van der Waals surface area contributed by atoms with Crippen LogP contribution < -0.4 is 10.6 Å². The number of hydrogen-bond donors (Lipinski definition) is 10. The summed E-state index contributed by atoms with van der Waals surface area (Å²) in [6, 6.07) is 28.9. The highest BCUT2D eigenvalue weighted by Gasteiger charge is 2.81. The van der Waals surface area contributed by atoms with Crippen LogP contribution in [0.15, 0.2) is 168 Å². The van der Waals surface area contributed by atoms with E-state index < -0.39 is 249 Å². The molecule has 4 saturated carbocycles. The molecule has 772 valence electrons. The molecule has 14 rings (SSSR count). The van der Waals surface area contributed by atoms with Crippen LogP contribution in [0.25, 0.3) is 0 Å². The molecule has 39 nitrogen and oxygen atoms in total. The number of unbranched alkanes of at least 4 members (excludes halogenated alkanes) is 2. The first-order valence-corrected chi connectivity index (χ1v) is 47.4. The summed E-state index contributed by atoms with van der Waals surface area (Å²) >= 11 is 0. The molecule has 4 bridgehead atoms. The van der Waals surface area contributed by atoms with E-state index in [2.05, 4.69) is 10.6 Å². The normalized spacial score (nSPS) is 30.3. The molecule has 6 fully saturated rings. The molecule has 4 aromatic rings. The smallest absolute Gasteiger partial charge is 0.408 e. The summed E-state index contributed by atoms with van der Waals surface area (Å²) in [5, 5.41) is 101. The van der Waals surface area contributed by atoms with Gasteiger partial charge in [0, 0.05) is 101 Å². The zero-order valence-corrected chi connectivity index (χ0v) is 82.5. The van der Waals surface area contributed by atoms with E-state index in [9.17, 15) is 103 Å². The van der Waals surface area contributed by atoms with Gasteiger partial charge in [0.2, 0.25) is 6.10 Å². The van der Waals surface area contributed by atoms with Crippen LogP contribution in [0.4, 0.5) is 9.59 Å². The van der Waals surface area contributed by atoms with Crippen molar-refractivity contribution in [1.29, 1.82) is 0 Å². The molecule has 39 heteroatoms. The average Bonchev–Trinajstić information content (AvgIpc) is 1.65. The first kappa shape index (κ1) is 109. The van der Waals surface area contributed by atoms with E-state index in [1.54, 1.807) is 152 Å². The number of imide groups is 2. The topological polar surface area (TPSA) is 567 Å². The van der Waals surface area contributed by atoms with E-state index in [4.69, 9.17) is 57.2 Å². The summed E-state index contributed by atoms with van der Waals surface area (Å²) in [5.74, 6) is -14.4. The zero-order chi connectivity index (χ0) is 105. The molecular formula is C104H126N4O35. The number of rotatable bonds is 27. The van der Waals surface area contributed by atoms with E-state index in [-0.39, 0.29) is 109 Å². The Balaban J connectivity index is 0.000000227. The molecule has 6 unspecified atom stereocenters. The lowest BCUT2D eigenvalue weighted by Gasteiger charge is -2.67. The Morgan fingerprint density at radius 3 is 1.16 bits per heavy atom. The predicted octanol–water partition coefficient (Wildman–Crippen LogP) is 7.33. The van der Waals surface area contributed by atoms with Crippen LogP contribution in [-0.2, 0) is 110 Å². The number of fused-ring (bicyclic) bond motifs is 10. The average molecular weight is 1990 g/mol. The first-order valence-electron chi connectivity index (χ1n) is 47.4. The van der Waals surface area contributed by atoms with Crippen molar-refractivity contribution < 1.29 is 170 Å². The zero-order valence-electron chi connectivity index (χ0n) is 82.5. The minimum absolute atomic E-state index is 0.00972. The second kappa shape index (κ2) is 42.4. The van der Waals surface area contributed by atoms with Gasteiger partial charge in [-0.05, 0) is 153 Å². The van der Waals surface area contributed by atoms with E-state index in [0.717, 1.165) is 35.8 Å². The van der Waals surface area contributed by atoms with Crippen molar-refractivity contribution in [2.24, 2.45) is 33.5 Å². The number of aliphatic carboxylic acids is 1. The fraction of sp³-hybridized carbons (Fsp3) is 0.538. The Bertz CT molecular complexity index is 5670. The van der Waals surface area contributed by atoms with Gasteiger partial charge in [-0.1, -0.05) is 125 Å². The van der Waals surface area contributed by atoms with E-state index in [1.165, 1.54) is 78.0 Å². The Hall–Kier alpha value is -12.6. The molecule has 0 aromatic heterocycles. The minimum atomic E-state index is -2.46. The van der Waals surface area contributed by atoms with Gasteiger partial charge in [-0.25, -0.2) is 28.8 Å². The van der Waals surface area contributed by atoms with Crippen molar-refractivity contribution >= 4 is 95.1 Å². The number of Topliss-reactive ketones (excluding diaryl/α,β-unsaturated/α-hetero) is 2. The van der Waals surface area contributed by atoms with Crippen molar-refractivity contribution in [3.05, 3.63) is 190 Å². The van der Waals surface area contributed by atoms with Crippen LogP contribution in [0.5, 0.6) is 0 Å². The summed E-state index contributed by atoms with van der Waals surface area (Å²) in [4.78, 5) is 212. The maximum atomic E-state index is 15.2. The monoisotopic (exact) mass is 1990 g/mol. The number of ether oxygens (including phenoxy) is 11. The molecule has 0 radical (unpaired) electrons. The minimum Gasteiger partial charge on any atom is -0.481 e. The molecule has 143 heavy (non-hydrogen) atoms. The maximum Gasteiger partial charge on any atom is 0.408 e. The lowest BCUT2D eigenvalue weighted by Crippen LogP contribution is -2.81. The van der Waals surface area contributed by atoms with Gasteiger partial charge in [-0.15, -0.1) is 0 Å². The highest BCUT2D eigenvalue weighted by atomic mass is 16.7. The summed E-state index contributed by atoms with van der Waals surface area (Å²) in [6.07, 6.45) is -17.7. The number of aliphatic hydroxyl groups excluding tert-OH is 5. The Morgan fingerprint density at radius 1 is 0.476 bits per heavy atom. The Labute approximate surface area is 825 Å². The fourth-order valence-corrected chi connectivity index (χ4v) is 21.8. The molecule has 4 heterocycles. The summed E-state index contributed by atoms with van der Waals surface area (Å²) in [5.41, 5.74) is -16.9. The van der Waals surface area contributed by atoms with Crippen molar-refractivity contribution in [3.8, 4) is 0 Å². The number of esters is 7. The maximum absolute atomic E-state index is 15.2. The van der Waals surface area contributed by atoms with E-state index in [0.29, 0.717) is 24.9 Å². The third-order valence-corrected chi connectivity index (χ3v) is 29.2. The second-order valence-electron chi connectivity index (χ2n) is 41.2. The molecule has 2 saturated heterocycles. The number of carbonyl (C=O) groups is 16. The molecular weight excluding hydrogens is 1870 g/mol. The number of carbonyl (C=O) groups excluding carboxylic acids is 15. The molecule has 22 atom stereocenters. The molecule has 4 aliphatic heterocycles. The number of carboxylic acid groups (broad SMARTS) is 1. The predicted molar refractivity (Wildman–Crippen MR) is 498 cm³/mol. The largest absolute Gasteiger partial charge is 0.481 e. The summed E-state index contributed by atoms with van der Waals surface area (Å²) in [7, 11) is 0. The van der Waals surface area contributed by atoms with Crippen LogP contribution in [-0.4, -0.2) is 279 Å². The van der Waals surface area contributed by atoms with Crippen LogP contribution in [0, 0.1) is 33.5 Å². The second-order valence-corrected chi connectivity index (χ2v) is 41.2. The lowest BCUT2D eigenvalue weighted by molar-refractivity contribution is -0.346. The summed E-state index contributed by atoms with van der Waals surface area (Å²) in [6.45, 7) is 23.6. The van der Waals surface area contributed by atoms with Gasteiger partial charge in [0.25, 0.3) is 23.6 Å². The first-order chi connectivity index (χ1) is 66.9. The van der Waals surface area contributed by atoms with Gasteiger partial charge < -0.3 is 104 Å². The Morgan fingerprint density at radius 2 is 0.818 bits per heavy atom. The third-order valence-electron chi connectivity index (χ3n) is 29.2. The molecule has 6 amide bonds. The number of ketones is 2. The quantitative estimate of drug-likeness (QED) is 0.00917. The summed E-state index contributed by atoms with van der Waals surface area (Å²) < 4.78 is 65.6. The van der Waals surface area contributed by atoms with Crippen molar-refractivity contribution in [3.63, 3.8) is 0 Å². The van der Waals surface area contributed by atoms with E-state index >= 15 is 9.59 Å². The molecule has 10 N–H and O–H groups in total. The number of hydrogen-bond acceptors (Lipinski definition) is 34. The standard InChI is InChI=1S/C52H62N2O17.C43H53NO14.C9H11NO4/c1-28-32(67-46(63)41(68-37(59)21-15-16-24-54-35(57)22-23-36(54)58)39(30-17-11-9-12-18-30)53-47(64)71-48(3,4)5)26-52(65)44(69-45(62)31-19-13-10-14-20-31)42-50(8,43(61)40(60)38(28)49(52,6)7)33(56)25-34-51(42,27-66-34)70-29(2)55;1-22-26(55-37(51)32(48)30(24-15-11-9-12-16-24)44-38(52)58-39(3,4)5)20-43(53)35(56-36(50)25-17-13-10-14-18-25)33-41(8,34(49)31(47)29(22)40(43,6)7)27(46)19-28-42(33,21-54-28)57-23(2)45;11-7-4-5-8(12)10(7)6-2-1-3-9(13)14/h9-14,17-20,22-23,32-34,39-42,44,56,60,65H,15-16,21,24-27H2,1-8H3,(H,53,64);9-18,26-28,30-33,35,46-48,53H,19-21H2,1-8H3,(H,44,52);4-5H,1-3,6H2,(H,13,14)/t32-,33-,34?,39-,40+,41+,42?,44-,50?,51-,52+;26-,27-,28?,30-,31+,32+,33?,35-,41?,42-,43+;/m00./s1. The highest BCUT2D eigenvalue weighted by Crippen LogP contribution is 2.67. The van der Waals surface area contributed by atoms with E-state index in [1.807, 2.05) is 0 Å². The Kier molecular flexibility index (Phi) is 32.4. The van der Waals surface area contributed by atoms with Gasteiger partial charge in [0.1, 0.15) is 77.3 Å². The molecule has 4 aromatic carbocycles. The van der Waals surface area contributed by atoms with Gasteiger partial charge in [-0.2, -0.15) is 0 Å². The van der Waals surface area contributed by atoms with Crippen LogP contribution >= 0.6 is 0 Å². The lowest BCUT2D eigenvalue weighted by atomic mass is 9.44. The number of amides is 6. The van der Waals surface area contributed by atoms with Gasteiger partial charge in [0.05, 0.1) is 65.3 Å². The number of benzene rings is 4. The highest BCUT2D eigenvalue weighted by molar-refractivity contribution is 6.13. The van der Waals surface area contributed by atoms with Crippen LogP contribution in [0.1, 0.15) is 219 Å². The van der Waals surface area contributed by atoms with Gasteiger partial charge in [-0.3, -0.25) is 57.7 Å². The molecule has 0 spiro atoms.